The van der Waals surface area contributed by atoms with Crippen molar-refractivity contribution in [3.05, 3.63) is 54.0 Å². The van der Waals surface area contributed by atoms with E-state index in [2.05, 4.69) is 5.32 Å². The molecular formula is C14H15NO3. The first-order valence-corrected chi connectivity index (χ1v) is 5.70. The van der Waals surface area contributed by atoms with E-state index in [1.54, 1.807) is 19.4 Å². The molecule has 2 rings (SSSR count). The Morgan fingerprint density at radius 2 is 2.11 bits per heavy atom. The predicted molar refractivity (Wildman–Crippen MR) is 67.3 cm³/mol. The molecule has 0 unspecified atom stereocenters. The lowest BCUT2D eigenvalue weighted by Crippen LogP contribution is -2.24. The molecule has 0 aliphatic rings. The zero-order valence-electron chi connectivity index (χ0n) is 10.2. The second-order valence-corrected chi connectivity index (χ2v) is 3.84. The van der Waals surface area contributed by atoms with Crippen LogP contribution in [0.4, 0.5) is 0 Å². The predicted octanol–water partition coefficient (Wildman–Crippen LogP) is 2.15. The van der Waals surface area contributed by atoms with Crippen molar-refractivity contribution in [3.63, 3.8) is 0 Å². The van der Waals surface area contributed by atoms with Gasteiger partial charge in [-0.2, -0.15) is 0 Å². The normalized spacial score (nSPS) is 10.1. The Bertz CT molecular complexity index is 506. The van der Waals surface area contributed by atoms with Crippen molar-refractivity contribution in [2.45, 2.75) is 13.0 Å². The van der Waals surface area contributed by atoms with Crippen LogP contribution >= 0.6 is 0 Å². The summed E-state index contributed by atoms with van der Waals surface area (Å²) in [4.78, 5) is 11.8. The number of amides is 1. The van der Waals surface area contributed by atoms with E-state index in [-0.39, 0.29) is 5.91 Å². The average Bonchev–Trinajstić information content (AvgIpc) is 2.90. The fraction of sp³-hybridized carbons (Fsp3) is 0.214. The molecule has 94 valence electrons. The summed E-state index contributed by atoms with van der Waals surface area (Å²) in [6.07, 6.45) is 1.88. The second-order valence-electron chi connectivity index (χ2n) is 3.84. The van der Waals surface area contributed by atoms with Crippen LogP contribution in [0.1, 0.15) is 11.3 Å². The quantitative estimate of drug-likeness (QED) is 0.878. The number of methoxy groups -OCH3 is 1. The SMILES string of the molecule is COc1ccccc1CC(=O)NCc1ccco1. The number of carbonyl (C=O) groups excluding carboxylic acids is 1. The zero-order valence-corrected chi connectivity index (χ0v) is 10.2. The third kappa shape index (κ3) is 3.13. The highest BCUT2D eigenvalue weighted by Gasteiger charge is 2.08. The molecule has 0 spiro atoms. The maximum atomic E-state index is 11.8. The molecule has 0 saturated heterocycles. The van der Waals surface area contributed by atoms with E-state index in [1.807, 2.05) is 30.3 Å². The van der Waals surface area contributed by atoms with Crippen molar-refractivity contribution in [2.75, 3.05) is 7.11 Å². The first-order chi connectivity index (χ1) is 8.79. The number of hydrogen-bond donors (Lipinski definition) is 1. The minimum atomic E-state index is -0.0594. The zero-order chi connectivity index (χ0) is 12.8. The van der Waals surface area contributed by atoms with Crippen LogP contribution in [0.15, 0.2) is 47.1 Å². The Balaban J connectivity index is 1.90. The minimum Gasteiger partial charge on any atom is -0.496 e. The van der Waals surface area contributed by atoms with Gasteiger partial charge in [0.15, 0.2) is 0 Å². The van der Waals surface area contributed by atoms with Crippen LogP contribution < -0.4 is 10.1 Å². The lowest BCUT2D eigenvalue weighted by atomic mass is 10.1. The summed E-state index contributed by atoms with van der Waals surface area (Å²) in [5.74, 6) is 1.41. The molecule has 18 heavy (non-hydrogen) atoms. The van der Waals surface area contributed by atoms with Crippen LogP contribution in [0.25, 0.3) is 0 Å². The maximum absolute atomic E-state index is 11.8. The molecule has 4 heteroatoms. The Morgan fingerprint density at radius 3 is 2.83 bits per heavy atom. The molecule has 0 aliphatic carbocycles. The number of nitrogens with one attached hydrogen (secondary N) is 1. The van der Waals surface area contributed by atoms with Crippen molar-refractivity contribution in [2.24, 2.45) is 0 Å². The van der Waals surface area contributed by atoms with Gasteiger partial charge in [0.2, 0.25) is 5.91 Å². The van der Waals surface area contributed by atoms with Gasteiger partial charge in [-0.3, -0.25) is 4.79 Å². The van der Waals surface area contributed by atoms with Gasteiger partial charge in [0, 0.05) is 5.56 Å². The molecule has 1 N–H and O–H groups in total. The fourth-order valence-electron chi connectivity index (χ4n) is 1.68. The van der Waals surface area contributed by atoms with Crippen molar-refractivity contribution in [1.29, 1.82) is 0 Å². The number of carbonyl (C=O) groups is 1. The Labute approximate surface area is 106 Å². The number of ether oxygens (including phenoxy) is 1. The second kappa shape index (κ2) is 5.91. The van der Waals surface area contributed by atoms with Gasteiger partial charge >= 0.3 is 0 Å². The van der Waals surface area contributed by atoms with Gasteiger partial charge in [0.1, 0.15) is 11.5 Å². The smallest absolute Gasteiger partial charge is 0.224 e. The van der Waals surface area contributed by atoms with Crippen LogP contribution in [-0.4, -0.2) is 13.0 Å². The van der Waals surface area contributed by atoms with E-state index in [1.165, 1.54) is 0 Å². The molecule has 1 aromatic heterocycles. The molecule has 1 amide bonds. The topological polar surface area (TPSA) is 51.5 Å². The summed E-state index contributed by atoms with van der Waals surface area (Å²) in [5.41, 5.74) is 0.872. The number of para-hydroxylation sites is 1. The standard InChI is InChI=1S/C14H15NO3/c1-17-13-7-3-2-5-11(13)9-14(16)15-10-12-6-4-8-18-12/h2-8H,9-10H2,1H3,(H,15,16). The van der Waals surface area contributed by atoms with E-state index in [0.29, 0.717) is 13.0 Å². The minimum absolute atomic E-state index is 0.0594. The first-order valence-electron chi connectivity index (χ1n) is 5.70. The van der Waals surface area contributed by atoms with Gasteiger partial charge in [0.25, 0.3) is 0 Å². The van der Waals surface area contributed by atoms with Crippen molar-refractivity contribution in [1.82, 2.24) is 5.32 Å². The van der Waals surface area contributed by atoms with Gasteiger partial charge in [0.05, 0.1) is 26.3 Å². The van der Waals surface area contributed by atoms with Crippen molar-refractivity contribution >= 4 is 5.91 Å². The molecule has 1 aromatic carbocycles. The van der Waals surface area contributed by atoms with Gasteiger partial charge in [-0.1, -0.05) is 18.2 Å². The Kier molecular flexibility index (Phi) is 4.02. The molecule has 0 saturated carbocycles. The Hall–Kier alpha value is -2.23. The summed E-state index contributed by atoms with van der Waals surface area (Å²) in [7, 11) is 1.60. The molecule has 0 aliphatic heterocycles. The van der Waals surface area contributed by atoms with E-state index in [0.717, 1.165) is 17.1 Å². The lowest BCUT2D eigenvalue weighted by molar-refractivity contribution is -0.120. The third-order valence-corrected chi connectivity index (χ3v) is 2.58. The molecule has 2 aromatic rings. The summed E-state index contributed by atoms with van der Waals surface area (Å²) in [6.45, 7) is 0.404. The van der Waals surface area contributed by atoms with Crippen LogP contribution in [0.5, 0.6) is 5.75 Å². The van der Waals surface area contributed by atoms with Crippen LogP contribution in [0, 0.1) is 0 Å². The number of benzene rings is 1. The summed E-state index contributed by atoms with van der Waals surface area (Å²) in [6, 6.07) is 11.1. The molecule has 0 atom stereocenters. The molecular weight excluding hydrogens is 230 g/mol. The van der Waals surface area contributed by atoms with Crippen LogP contribution in [-0.2, 0) is 17.8 Å². The highest BCUT2D eigenvalue weighted by Crippen LogP contribution is 2.17. The van der Waals surface area contributed by atoms with Gasteiger partial charge in [-0.25, -0.2) is 0 Å². The molecule has 0 fully saturated rings. The first kappa shape index (κ1) is 12.2. The van der Waals surface area contributed by atoms with Crippen molar-refractivity contribution in [3.8, 4) is 5.75 Å². The number of hydrogen-bond acceptors (Lipinski definition) is 3. The van der Waals surface area contributed by atoms with E-state index >= 15 is 0 Å². The summed E-state index contributed by atoms with van der Waals surface area (Å²) in [5, 5.41) is 2.80. The van der Waals surface area contributed by atoms with Gasteiger partial charge in [-0.05, 0) is 18.2 Å². The third-order valence-electron chi connectivity index (χ3n) is 2.58. The number of rotatable bonds is 5. The summed E-state index contributed by atoms with van der Waals surface area (Å²) < 4.78 is 10.3. The highest BCUT2D eigenvalue weighted by atomic mass is 16.5. The number of furan rings is 1. The highest BCUT2D eigenvalue weighted by molar-refractivity contribution is 5.79. The Morgan fingerprint density at radius 1 is 1.28 bits per heavy atom. The molecule has 0 radical (unpaired) electrons. The van der Waals surface area contributed by atoms with Crippen LogP contribution in [0.3, 0.4) is 0 Å². The maximum Gasteiger partial charge on any atom is 0.224 e. The monoisotopic (exact) mass is 245 g/mol. The molecule has 4 nitrogen and oxygen atoms in total. The largest absolute Gasteiger partial charge is 0.496 e. The molecule has 0 bridgehead atoms. The molecule has 1 heterocycles. The van der Waals surface area contributed by atoms with Gasteiger partial charge < -0.3 is 14.5 Å². The fourth-order valence-corrected chi connectivity index (χ4v) is 1.68. The van der Waals surface area contributed by atoms with Crippen molar-refractivity contribution < 1.29 is 13.9 Å². The average molecular weight is 245 g/mol. The lowest BCUT2D eigenvalue weighted by Gasteiger charge is -2.08. The van der Waals surface area contributed by atoms with E-state index in [9.17, 15) is 4.79 Å². The van der Waals surface area contributed by atoms with Gasteiger partial charge in [-0.15, -0.1) is 0 Å². The summed E-state index contributed by atoms with van der Waals surface area (Å²) >= 11 is 0. The van der Waals surface area contributed by atoms with E-state index < -0.39 is 0 Å². The van der Waals surface area contributed by atoms with E-state index in [4.69, 9.17) is 9.15 Å². The van der Waals surface area contributed by atoms with Crippen LogP contribution in [0.2, 0.25) is 0 Å².